The van der Waals surface area contributed by atoms with E-state index in [0.29, 0.717) is 6.54 Å². The van der Waals surface area contributed by atoms with Crippen LogP contribution in [-0.4, -0.2) is 11.0 Å². The molecule has 4 N–H and O–H groups in total. The molecule has 1 heterocycles. The average molecular weight is 324 g/mol. The molecular formula is C19H24N4O. The first-order chi connectivity index (χ1) is 11.6. The highest BCUT2D eigenvalue weighted by Gasteiger charge is 2.15. The average Bonchev–Trinajstić information content (AvgIpc) is 2.58. The minimum atomic E-state index is -0.505. The zero-order valence-electron chi connectivity index (χ0n) is 14.1. The number of aromatic nitrogens is 1. The zero-order chi connectivity index (χ0) is 16.9. The number of carbonyl (C=O) groups excluding carboxylic acids is 1. The molecule has 0 bridgehead atoms. The number of carbonyl (C=O) groups is 1. The van der Waals surface area contributed by atoms with Gasteiger partial charge in [-0.2, -0.15) is 0 Å². The van der Waals surface area contributed by atoms with Crippen LogP contribution in [0.15, 0.2) is 30.3 Å². The van der Waals surface area contributed by atoms with Gasteiger partial charge in [0.2, 0.25) is 0 Å². The molecule has 0 atom stereocenters. The molecule has 3 rings (SSSR count). The number of nitrogens with one attached hydrogen (secondary N) is 2. The van der Waals surface area contributed by atoms with Gasteiger partial charge in [-0.3, -0.25) is 4.98 Å². The van der Waals surface area contributed by atoms with Crippen molar-refractivity contribution in [2.75, 3.05) is 5.32 Å². The smallest absolute Gasteiger partial charge is 0.312 e. The summed E-state index contributed by atoms with van der Waals surface area (Å²) < 4.78 is 0. The van der Waals surface area contributed by atoms with Gasteiger partial charge in [-0.25, -0.2) is 4.79 Å². The summed E-state index contributed by atoms with van der Waals surface area (Å²) >= 11 is 0. The highest BCUT2D eigenvalue weighted by molar-refractivity contribution is 5.71. The van der Waals surface area contributed by atoms with Crippen LogP contribution < -0.4 is 16.4 Å². The maximum absolute atomic E-state index is 10.7. The largest absolute Gasteiger partial charge is 0.381 e. The monoisotopic (exact) mass is 324 g/mol. The Bertz CT molecular complexity index is 725. The summed E-state index contributed by atoms with van der Waals surface area (Å²) in [5.74, 6) is 0. The van der Waals surface area contributed by atoms with Gasteiger partial charge in [0, 0.05) is 30.2 Å². The molecule has 1 aromatic heterocycles. The number of primary amides is 1. The van der Waals surface area contributed by atoms with Crippen molar-refractivity contribution in [2.24, 2.45) is 5.73 Å². The van der Waals surface area contributed by atoms with E-state index in [0.717, 1.165) is 36.3 Å². The van der Waals surface area contributed by atoms with Crippen LogP contribution in [0.5, 0.6) is 0 Å². The SMILES string of the molecule is Cc1cc(CNc2ccc(CNC(N)=O)cc2)c2c(n1)CCCC2. The van der Waals surface area contributed by atoms with Crippen molar-refractivity contribution in [1.29, 1.82) is 0 Å². The number of hydrogen-bond acceptors (Lipinski definition) is 3. The molecule has 24 heavy (non-hydrogen) atoms. The van der Waals surface area contributed by atoms with E-state index in [1.54, 1.807) is 0 Å². The quantitative estimate of drug-likeness (QED) is 0.791. The van der Waals surface area contributed by atoms with E-state index in [4.69, 9.17) is 10.7 Å². The number of aryl methyl sites for hydroxylation is 2. The molecule has 1 aromatic carbocycles. The van der Waals surface area contributed by atoms with E-state index in [1.807, 2.05) is 24.3 Å². The summed E-state index contributed by atoms with van der Waals surface area (Å²) in [4.78, 5) is 15.4. The first-order valence-electron chi connectivity index (χ1n) is 8.46. The molecule has 0 spiro atoms. The molecule has 0 saturated carbocycles. The number of amides is 2. The second-order valence-corrected chi connectivity index (χ2v) is 6.32. The third-order valence-electron chi connectivity index (χ3n) is 4.42. The Morgan fingerprint density at radius 2 is 1.92 bits per heavy atom. The fourth-order valence-electron chi connectivity index (χ4n) is 3.23. The highest BCUT2D eigenvalue weighted by Crippen LogP contribution is 2.24. The Balaban J connectivity index is 1.65. The van der Waals surface area contributed by atoms with Gasteiger partial charge in [-0.05, 0) is 67.5 Å². The third kappa shape index (κ3) is 4.04. The molecule has 2 amide bonds. The number of anilines is 1. The van der Waals surface area contributed by atoms with Gasteiger partial charge in [0.1, 0.15) is 0 Å². The van der Waals surface area contributed by atoms with Crippen molar-refractivity contribution in [3.63, 3.8) is 0 Å². The molecule has 0 unspecified atom stereocenters. The van der Waals surface area contributed by atoms with Crippen LogP contribution in [0.3, 0.4) is 0 Å². The second-order valence-electron chi connectivity index (χ2n) is 6.32. The van der Waals surface area contributed by atoms with Crippen LogP contribution in [0.25, 0.3) is 0 Å². The lowest BCUT2D eigenvalue weighted by molar-refractivity contribution is 0.248. The lowest BCUT2D eigenvalue weighted by atomic mass is 9.91. The van der Waals surface area contributed by atoms with E-state index in [-0.39, 0.29) is 0 Å². The van der Waals surface area contributed by atoms with E-state index in [9.17, 15) is 4.79 Å². The van der Waals surface area contributed by atoms with Crippen molar-refractivity contribution in [3.05, 3.63) is 58.4 Å². The number of pyridine rings is 1. The number of nitrogens with two attached hydrogens (primary N) is 1. The molecule has 2 aromatic rings. The number of nitrogens with zero attached hydrogens (tertiary/aromatic N) is 1. The maximum Gasteiger partial charge on any atom is 0.312 e. The van der Waals surface area contributed by atoms with Gasteiger partial charge in [0.15, 0.2) is 0 Å². The molecule has 1 aliphatic carbocycles. The lowest BCUT2D eigenvalue weighted by Gasteiger charge is -2.20. The fraction of sp³-hybridized carbons (Fsp3) is 0.368. The van der Waals surface area contributed by atoms with Crippen molar-refractivity contribution in [2.45, 2.75) is 45.7 Å². The van der Waals surface area contributed by atoms with Crippen LogP contribution in [0, 0.1) is 6.92 Å². The van der Waals surface area contributed by atoms with Gasteiger partial charge in [-0.15, -0.1) is 0 Å². The summed E-state index contributed by atoms with van der Waals surface area (Å²) in [6.45, 7) is 3.33. The molecule has 0 radical (unpaired) electrons. The molecule has 5 heteroatoms. The molecule has 0 aliphatic heterocycles. The fourth-order valence-corrected chi connectivity index (χ4v) is 3.23. The first-order valence-corrected chi connectivity index (χ1v) is 8.46. The van der Waals surface area contributed by atoms with E-state index in [2.05, 4.69) is 23.6 Å². The minimum Gasteiger partial charge on any atom is -0.381 e. The summed E-state index contributed by atoms with van der Waals surface area (Å²) in [6, 6.07) is 9.73. The van der Waals surface area contributed by atoms with Gasteiger partial charge >= 0.3 is 6.03 Å². The number of fused-ring (bicyclic) bond motifs is 1. The zero-order valence-corrected chi connectivity index (χ0v) is 14.1. The lowest BCUT2D eigenvalue weighted by Crippen LogP contribution is -2.28. The molecule has 5 nitrogen and oxygen atoms in total. The maximum atomic E-state index is 10.7. The van der Waals surface area contributed by atoms with Gasteiger partial charge in [0.05, 0.1) is 0 Å². The normalized spacial score (nSPS) is 13.2. The summed E-state index contributed by atoms with van der Waals surface area (Å²) in [6.07, 6.45) is 4.74. The summed E-state index contributed by atoms with van der Waals surface area (Å²) in [5, 5.41) is 6.08. The Kier molecular flexibility index (Phi) is 4.99. The number of hydrogen-bond donors (Lipinski definition) is 3. The van der Waals surface area contributed by atoms with Crippen molar-refractivity contribution >= 4 is 11.7 Å². The Labute approximate surface area is 142 Å². The molecule has 0 fully saturated rings. The molecule has 1 aliphatic rings. The highest BCUT2D eigenvalue weighted by atomic mass is 16.2. The number of rotatable bonds is 5. The Morgan fingerprint density at radius 3 is 2.67 bits per heavy atom. The van der Waals surface area contributed by atoms with Crippen molar-refractivity contribution in [3.8, 4) is 0 Å². The molecule has 126 valence electrons. The predicted molar refractivity (Wildman–Crippen MR) is 95.8 cm³/mol. The van der Waals surface area contributed by atoms with Gasteiger partial charge < -0.3 is 16.4 Å². The van der Waals surface area contributed by atoms with E-state index in [1.165, 1.54) is 29.7 Å². The van der Waals surface area contributed by atoms with Crippen LogP contribution in [0.1, 0.15) is 40.9 Å². The molecular weight excluding hydrogens is 300 g/mol. The van der Waals surface area contributed by atoms with Crippen LogP contribution >= 0.6 is 0 Å². The summed E-state index contributed by atoms with van der Waals surface area (Å²) in [7, 11) is 0. The van der Waals surface area contributed by atoms with E-state index >= 15 is 0 Å². The summed E-state index contributed by atoms with van der Waals surface area (Å²) in [5.41, 5.74) is 12.3. The van der Waals surface area contributed by atoms with Crippen LogP contribution in [0.2, 0.25) is 0 Å². The Morgan fingerprint density at radius 1 is 1.17 bits per heavy atom. The van der Waals surface area contributed by atoms with Crippen molar-refractivity contribution in [1.82, 2.24) is 10.3 Å². The topological polar surface area (TPSA) is 80.0 Å². The molecule has 0 saturated heterocycles. The Hall–Kier alpha value is -2.56. The van der Waals surface area contributed by atoms with Gasteiger partial charge in [-0.1, -0.05) is 12.1 Å². The van der Waals surface area contributed by atoms with Crippen LogP contribution in [-0.2, 0) is 25.9 Å². The first kappa shape index (κ1) is 16.3. The van der Waals surface area contributed by atoms with Crippen molar-refractivity contribution < 1.29 is 4.79 Å². The predicted octanol–water partition coefficient (Wildman–Crippen LogP) is 3.05. The minimum absolute atomic E-state index is 0.451. The third-order valence-corrected chi connectivity index (χ3v) is 4.42. The standard InChI is InChI=1S/C19H24N4O/c1-13-10-15(17-4-2-3-5-18(17)23-13)12-21-16-8-6-14(7-9-16)11-22-19(20)24/h6-10,21H,2-5,11-12H2,1H3,(H3,20,22,24). The second kappa shape index (κ2) is 7.34. The van der Waals surface area contributed by atoms with Gasteiger partial charge in [0.25, 0.3) is 0 Å². The number of urea groups is 1. The number of benzene rings is 1. The van der Waals surface area contributed by atoms with E-state index < -0.39 is 6.03 Å². The van der Waals surface area contributed by atoms with Crippen LogP contribution in [0.4, 0.5) is 10.5 Å².